The third-order valence-electron chi connectivity index (χ3n) is 2.49. The third kappa shape index (κ3) is 2.85. The maximum atomic E-state index is 12.4. The Morgan fingerprint density at radius 2 is 1.10 bits per heavy atom. The standard InChI is InChI=1S/C9H8F6N6/c10-7(11,12)5-1-3-20(18-5)9(16,17)21-4-2-6(19-21)8(13,14)15/h1-4H,16-17H2. The minimum atomic E-state index is -4.73. The van der Waals surface area contributed by atoms with Crippen molar-refractivity contribution in [1.82, 2.24) is 19.6 Å². The molecule has 0 aliphatic carbocycles. The second-order valence-electron chi connectivity index (χ2n) is 4.07. The molecule has 2 aromatic heterocycles. The van der Waals surface area contributed by atoms with Crippen molar-refractivity contribution in [3.63, 3.8) is 0 Å². The van der Waals surface area contributed by atoms with E-state index in [9.17, 15) is 26.3 Å². The fourth-order valence-electron chi connectivity index (χ4n) is 1.45. The fourth-order valence-corrected chi connectivity index (χ4v) is 1.45. The molecule has 0 fully saturated rings. The van der Waals surface area contributed by atoms with Gasteiger partial charge in [-0.25, -0.2) is 9.36 Å². The molecule has 4 N–H and O–H groups in total. The Hall–Kier alpha value is -2.08. The molecule has 0 aromatic carbocycles. The quantitative estimate of drug-likeness (QED) is 0.643. The van der Waals surface area contributed by atoms with E-state index in [1.165, 1.54) is 0 Å². The molecule has 0 atom stereocenters. The zero-order chi connectivity index (χ0) is 16.1. The number of hydrogen-bond acceptors (Lipinski definition) is 4. The Morgan fingerprint density at radius 3 is 1.33 bits per heavy atom. The maximum absolute atomic E-state index is 12.4. The van der Waals surface area contributed by atoms with Gasteiger partial charge in [0.2, 0.25) is 0 Å². The molecule has 0 spiro atoms. The molecule has 2 rings (SSSR count). The van der Waals surface area contributed by atoms with E-state index in [1.807, 2.05) is 0 Å². The molecule has 21 heavy (non-hydrogen) atoms. The van der Waals surface area contributed by atoms with Crippen molar-refractivity contribution < 1.29 is 26.3 Å². The summed E-state index contributed by atoms with van der Waals surface area (Å²) in [6.45, 7) is 0. The molecule has 0 saturated carbocycles. The molecule has 12 heteroatoms. The van der Waals surface area contributed by atoms with Crippen molar-refractivity contribution >= 4 is 0 Å². The molecule has 0 bridgehead atoms. The highest BCUT2D eigenvalue weighted by atomic mass is 19.4. The smallest absolute Gasteiger partial charge is 0.275 e. The molecular formula is C9H8F6N6. The van der Waals surface area contributed by atoms with E-state index < -0.39 is 29.7 Å². The lowest BCUT2D eigenvalue weighted by molar-refractivity contribution is -0.142. The van der Waals surface area contributed by atoms with Gasteiger partial charge >= 0.3 is 12.4 Å². The van der Waals surface area contributed by atoms with Gasteiger partial charge < -0.3 is 0 Å². The summed E-state index contributed by atoms with van der Waals surface area (Å²) in [7, 11) is 0. The number of alkyl halides is 6. The Kier molecular flexibility index (Phi) is 3.25. The Balaban J connectivity index is 2.38. The molecule has 6 nitrogen and oxygen atoms in total. The van der Waals surface area contributed by atoms with Gasteiger partial charge in [0.15, 0.2) is 11.4 Å². The minimum absolute atomic E-state index is 0.461. The predicted molar refractivity (Wildman–Crippen MR) is 56.2 cm³/mol. The molecule has 0 aliphatic rings. The fraction of sp³-hybridized carbons (Fsp3) is 0.333. The van der Waals surface area contributed by atoms with Crippen molar-refractivity contribution in [3.05, 3.63) is 35.9 Å². The molecule has 0 saturated heterocycles. The highest BCUT2D eigenvalue weighted by molar-refractivity contribution is 5.07. The van der Waals surface area contributed by atoms with Gasteiger partial charge in [-0.15, -0.1) is 0 Å². The summed E-state index contributed by atoms with van der Waals surface area (Å²) in [4.78, 5) is 0. The summed E-state index contributed by atoms with van der Waals surface area (Å²) >= 11 is 0. The van der Waals surface area contributed by atoms with Crippen LogP contribution in [0.2, 0.25) is 0 Å². The van der Waals surface area contributed by atoms with Crippen LogP contribution >= 0.6 is 0 Å². The van der Waals surface area contributed by atoms with Gasteiger partial charge in [0.1, 0.15) is 0 Å². The van der Waals surface area contributed by atoms with Gasteiger partial charge in [-0.05, 0) is 12.1 Å². The van der Waals surface area contributed by atoms with Crippen LogP contribution in [-0.4, -0.2) is 19.6 Å². The molecule has 0 unspecified atom stereocenters. The van der Waals surface area contributed by atoms with E-state index in [0.29, 0.717) is 21.5 Å². The van der Waals surface area contributed by atoms with E-state index in [0.717, 1.165) is 12.4 Å². The molecule has 116 valence electrons. The predicted octanol–water partition coefficient (Wildman–Crippen LogP) is 1.15. The zero-order valence-electron chi connectivity index (χ0n) is 10.0. The first-order valence-electron chi connectivity index (χ1n) is 5.27. The van der Waals surface area contributed by atoms with Crippen LogP contribution in [0.4, 0.5) is 26.3 Å². The van der Waals surface area contributed by atoms with Crippen molar-refractivity contribution in [3.8, 4) is 0 Å². The van der Waals surface area contributed by atoms with Crippen LogP contribution in [0, 0.1) is 0 Å². The van der Waals surface area contributed by atoms with Crippen LogP contribution in [0.3, 0.4) is 0 Å². The number of rotatable bonds is 2. The number of hydrogen-bond donors (Lipinski definition) is 2. The number of halogens is 6. The van der Waals surface area contributed by atoms with Gasteiger partial charge in [0.05, 0.1) is 0 Å². The Morgan fingerprint density at radius 1 is 0.762 bits per heavy atom. The topological polar surface area (TPSA) is 87.7 Å². The molecular weight excluding hydrogens is 306 g/mol. The van der Waals surface area contributed by atoms with Gasteiger partial charge in [-0.1, -0.05) is 0 Å². The lowest BCUT2D eigenvalue weighted by Gasteiger charge is -2.25. The van der Waals surface area contributed by atoms with Gasteiger partial charge in [0, 0.05) is 12.4 Å². The van der Waals surface area contributed by atoms with Crippen LogP contribution in [0.15, 0.2) is 24.5 Å². The van der Waals surface area contributed by atoms with E-state index in [2.05, 4.69) is 10.2 Å². The van der Waals surface area contributed by atoms with Crippen LogP contribution < -0.4 is 11.5 Å². The van der Waals surface area contributed by atoms with Crippen molar-refractivity contribution in [2.45, 2.75) is 18.3 Å². The number of nitrogens with two attached hydrogens (primary N) is 2. The number of aromatic nitrogens is 4. The van der Waals surface area contributed by atoms with E-state index >= 15 is 0 Å². The first kappa shape index (κ1) is 15.3. The van der Waals surface area contributed by atoms with Gasteiger partial charge in [-0.3, -0.25) is 11.5 Å². The largest absolute Gasteiger partial charge is 0.435 e. The monoisotopic (exact) mass is 314 g/mol. The maximum Gasteiger partial charge on any atom is 0.435 e. The van der Waals surface area contributed by atoms with Gasteiger partial charge in [0.25, 0.3) is 5.91 Å². The lowest BCUT2D eigenvalue weighted by atomic mass is 10.4. The lowest BCUT2D eigenvalue weighted by Crippen LogP contribution is -2.58. The SMILES string of the molecule is NC(N)(n1ccc(C(F)(F)F)n1)n1ccc(C(F)(F)F)n1. The first-order chi connectivity index (χ1) is 9.42. The average molecular weight is 314 g/mol. The second-order valence-corrected chi connectivity index (χ2v) is 4.07. The van der Waals surface area contributed by atoms with E-state index in [-0.39, 0.29) is 0 Å². The first-order valence-corrected chi connectivity index (χ1v) is 5.27. The zero-order valence-corrected chi connectivity index (χ0v) is 10.0. The second kappa shape index (κ2) is 4.46. The molecule has 0 aliphatic heterocycles. The summed E-state index contributed by atoms with van der Waals surface area (Å²) in [6, 6.07) is 1.17. The average Bonchev–Trinajstić information content (AvgIpc) is 2.97. The molecule has 0 amide bonds. The third-order valence-corrected chi connectivity index (χ3v) is 2.49. The Labute approximate surface area is 112 Å². The van der Waals surface area contributed by atoms with Gasteiger partial charge in [-0.2, -0.15) is 36.5 Å². The molecule has 0 radical (unpaired) electrons. The minimum Gasteiger partial charge on any atom is -0.275 e. The van der Waals surface area contributed by atoms with E-state index in [1.54, 1.807) is 0 Å². The van der Waals surface area contributed by atoms with E-state index in [4.69, 9.17) is 11.5 Å². The number of nitrogens with zero attached hydrogens (tertiary/aromatic N) is 4. The van der Waals surface area contributed by atoms with Crippen LogP contribution in [0.1, 0.15) is 11.4 Å². The Bertz CT molecular complexity index is 581. The van der Waals surface area contributed by atoms with Crippen LogP contribution in [0.25, 0.3) is 0 Å². The highest BCUT2D eigenvalue weighted by Crippen LogP contribution is 2.29. The van der Waals surface area contributed by atoms with Crippen LogP contribution in [-0.2, 0) is 18.3 Å². The van der Waals surface area contributed by atoms with Crippen molar-refractivity contribution in [2.24, 2.45) is 11.5 Å². The molecule has 2 aromatic rings. The summed E-state index contributed by atoms with van der Waals surface area (Å²) in [5.74, 6) is -2.33. The van der Waals surface area contributed by atoms with Crippen molar-refractivity contribution in [2.75, 3.05) is 0 Å². The molecule has 2 heterocycles. The highest BCUT2D eigenvalue weighted by Gasteiger charge is 2.38. The van der Waals surface area contributed by atoms with Crippen molar-refractivity contribution in [1.29, 1.82) is 0 Å². The van der Waals surface area contributed by atoms with Crippen LogP contribution in [0.5, 0.6) is 0 Å². The summed E-state index contributed by atoms with van der Waals surface area (Å²) in [5.41, 5.74) is 8.46. The summed E-state index contributed by atoms with van der Waals surface area (Å²) < 4.78 is 75.5. The summed E-state index contributed by atoms with van der Waals surface area (Å²) in [6.07, 6.45) is -7.89. The summed E-state index contributed by atoms with van der Waals surface area (Å²) in [5, 5.41) is 6.20. The normalized spacial score (nSPS) is 13.7.